The number of hydrogen-bond donors (Lipinski definition) is 2. The highest BCUT2D eigenvalue weighted by Crippen LogP contribution is 2.37. The SMILES string of the molecule is COC1(CC(=O)NCCCC(=O)O)CCC1. The molecule has 5 nitrogen and oxygen atoms in total. The van der Waals surface area contributed by atoms with Crippen molar-refractivity contribution in [1.82, 2.24) is 5.32 Å². The molecule has 0 heterocycles. The molecule has 0 unspecified atom stereocenters. The van der Waals surface area contributed by atoms with Gasteiger partial charge in [-0.25, -0.2) is 0 Å². The summed E-state index contributed by atoms with van der Waals surface area (Å²) in [5.74, 6) is -0.881. The standard InChI is InChI=1S/C11H19NO4/c1-16-11(5-3-6-11)8-9(13)12-7-2-4-10(14)15/h2-8H2,1H3,(H,12,13)(H,14,15). The molecule has 0 spiro atoms. The largest absolute Gasteiger partial charge is 0.481 e. The molecule has 1 amide bonds. The minimum atomic E-state index is -0.832. The molecule has 0 atom stereocenters. The van der Waals surface area contributed by atoms with Crippen molar-refractivity contribution in [2.75, 3.05) is 13.7 Å². The molecular weight excluding hydrogens is 210 g/mol. The lowest BCUT2D eigenvalue weighted by atomic mass is 9.77. The molecule has 0 radical (unpaired) electrons. The van der Waals surface area contributed by atoms with Crippen LogP contribution < -0.4 is 5.32 Å². The Kier molecular flexibility index (Phi) is 4.73. The van der Waals surface area contributed by atoms with Gasteiger partial charge in [0.2, 0.25) is 5.91 Å². The van der Waals surface area contributed by atoms with Crippen LogP contribution in [0.25, 0.3) is 0 Å². The second kappa shape index (κ2) is 5.84. The second-order valence-corrected chi connectivity index (χ2v) is 4.26. The molecule has 0 bridgehead atoms. The summed E-state index contributed by atoms with van der Waals surface area (Å²) in [7, 11) is 1.64. The van der Waals surface area contributed by atoms with E-state index in [0.29, 0.717) is 19.4 Å². The Balaban J connectivity index is 2.13. The van der Waals surface area contributed by atoms with Crippen molar-refractivity contribution in [2.45, 2.75) is 44.1 Å². The normalized spacial score (nSPS) is 17.6. The first-order valence-corrected chi connectivity index (χ1v) is 5.62. The Morgan fingerprint density at radius 2 is 2.12 bits per heavy atom. The fourth-order valence-electron chi connectivity index (χ4n) is 1.85. The topological polar surface area (TPSA) is 75.6 Å². The van der Waals surface area contributed by atoms with Crippen LogP contribution in [0.15, 0.2) is 0 Å². The number of nitrogens with one attached hydrogen (secondary N) is 1. The summed E-state index contributed by atoms with van der Waals surface area (Å²) in [5, 5.41) is 11.1. The molecule has 2 N–H and O–H groups in total. The number of rotatable bonds is 7. The van der Waals surface area contributed by atoms with Gasteiger partial charge in [0, 0.05) is 20.1 Å². The quantitative estimate of drug-likeness (QED) is 0.637. The molecule has 0 saturated heterocycles. The third kappa shape index (κ3) is 3.81. The Hall–Kier alpha value is -1.10. The number of carbonyl (C=O) groups excluding carboxylic acids is 1. The van der Waals surface area contributed by atoms with Crippen LogP contribution in [0.5, 0.6) is 0 Å². The summed E-state index contributed by atoms with van der Waals surface area (Å²) in [5.41, 5.74) is -0.253. The minimum Gasteiger partial charge on any atom is -0.481 e. The van der Waals surface area contributed by atoms with E-state index in [1.54, 1.807) is 7.11 Å². The zero-order chi connectivity index (χ0) is 12.0. The van der Waals surface area contributed by atoms with Crippen molar-refractivity contribution in [3.05, 3.63) is 0 Å². The maximum Gasteiger partial charge on any atom is 0.303 e. The van der Waals surface area contributed by atoms with E-state index >= 15 is 0 Å². The Morgan fingerprint density at radius 1 is 1.44 bits per heavy atom. The molecule has 0 aromatic heterocycles. The van der Waals surface area contributed by atoms with E-state index in [0.717, 1.165) is 19.3 Å². The Bertz CT molecular complexity index is 255. The van der Waals surface area contributed by atoms with Crippen molar-refractivity contribution in [3.63, 3.8) is 0 Å². The average Bonchev–Trinajstić information content (AvgIpc) is 2.18. The lowest BCUT2D eigenvalue weighted by Gasteiger charge is -2.39. The summed E-state index contributed by atoms with van der Waals surface area (Å²) < 4.78 is 5.33. The van der Waals surface area contributed by atoms with Gasteiger partial charge in [-0.3, -0.25) is 9.59 Å². The first kappa shape index (κ1) is 13.0. The van der Waals surface area contributed by atoms with Gasteiger partial charge in [0.1, 0.15) is 0 Å². The van der Waals surface area contributed by atoms with Crippen LogP contribution in [0.3, 0.4) is 0 Å². The summed E-state index contributed by atoms with van der Waals surface area (Å²) in [4.78, 5) is 21.8. The fraction of sp³-hybridized carbons (Fsp3) is 0.818. The van der Waals surface area contributed by atoms with Gasteiger partial charge >= 0.3 is 5.97 Å². The van der Waals surface area contributed by atoms with Crippen LogP contribution in [-0.2, 0) is 14.3 Å². The van der Waals surface area contributed by atoms with Gasteiger partial charge in [-0.05, 0) is 25.7 Å². The van der Waals surface area contributed by atoms with E-state index < -0.39 is 5.97 Å². The van der Waals surface area contributed by atoms with Crippen molar-refractivity contribution < 1.29 is 19.4 Å². The highest BCUT2D eigenvalue weighted by Gasteiger charge is 2.38. The lowest BCUT2D eigenvalue weighted by Crippen LogP contribution is -2.44. The zero-order valence-electron chi connectivity index (χ0n) is 9.62. The van der Waals surface area contributed by atoms with Gasteiger partial charge < -0.3 is 15.2 Å². The molecule has 5 heteroatoms. The number of carbonyl (C=O) groups is 2. The van der Waals surface area contributed by atoms with E-state index in [1.807, 2.05) is 0 Å². The molecule has 1 aliphatic rings. The molecule has 1 aliphatic carbocycles. The lowest BCUT2D eigenvalue weighted by molar-refractivity contribution is -0.138. The highest BCUT2D eigenvalue weighted by molar-refractivity contribution is 5.77. The van der Waals surface area contributed by atoms with Gasteiger partial charge in [0.15, 0.2) is 0 Å². The number of carboxylic acids is 1. The molecule has 1 saturated carbocycles. The third-order valence-corrected chi connectivity index (χ3v) is 3.07. The summed E-state index contributed by atoms with van der Waals surface area (Å²) >= 11 is 0. The van der Waals surface area contributed by atoms with Crippen molar-refractivity contribution >= 4 is 11.9 Å². The number of carboxylic acid groups (broad SMARTS) is 1. The molecule has 1 rings (SSSR count). The van der Waals surface area contributed by atoms with Crippen LogP contribution in [0.1, 0.15) is 38.5 Å². The first-order chi connectivity index (χ1) is 7.58. The molecule has 1 fully saturated rings. The van der Waals surface area contributed by atoms with Crippen molar-refractivity contribution in [1.29, 1.82) is 0 Å². The van der Waals surface area contributed by atoms with Crippen LogP contribution in [0.2, 0.25) is 0 Å². The van der Waals surface area contributed by atoms with Gasteiger partial charge in [-0.2, -0.15) is 0 Å². The number of methoxy groups -OCH3 is 1. The van der Waals surface area contributed by atoms with E-state index in [9.17, 15) is 9.59 Å². The van der Waals surface area contributed by atoms with Crippen LogP contribution in [0, 0.1) is 0 Å². The predicted octanol–water partition coefficient (Wildman–Crippen LogP) is 0.927. The van der Waals surface area contributed by atoms with Crippen LogP contribution in [-0.4, -0.2) is 36.2 Å². The monoisotopic (exact) mass is 229 g/mol. The molecule has 0 aliphatic heterocycles. The second-order valence-electron chi connectivity index (χ2n) is 4.26. The first-order valence-electron chi connectivity index (χ1n) is 5.62. The summed E-state index contributed by atoms with van der Waals surface area (Å²) in [6, 6.07) is 0. The smallest absolute Gasteiger partial charge is 0.303 e. The zero-order valence-corrected chi connectivity index (χ0v) is 9.62. The van der Waals surface area contributed by atoms with Gasteiger partial charge in [0.25, 0.3) is 0 Å². The van der Waals surface area contributed by atoms with Crippen molar-refractivity contribution in [2.24, 2.45) is 0 Å². The molecule has 0 aromatic rings. The van der Waals surface area contributed by atoms with E-state index in [2.05, 4.69) is 5.32 Å². The van der Waals surface area contributed by atoms with Gasteiger partial charge in [-0.1, -0.05) is 0 Å². The van der Waals surface area contributed by atoms with E-state index in [1.165, 1.54) is 0 Å². The maximum absolute atomic E-state index is 11.5. The number of hydrogen-bond acceptors (Lipinski definition) is 3. The van der Waals surface area contributed by atoms with Crippen LogP contribution in [0.4, 0.5) is 0 Å². The molecule has 92 valence electrons. The summed E-state index contributed by atoms with van der Waals surface area (Å²) in [6.07, 6.45) is 3.94. The molecule has 16 heavy (non-hydrogen) atoms. The number of amides is 1. The number of ether oxygens (including phenoxy) is 1. The molecule has 0 aromatic carbocycles. The summed E-state index contributed by atoms with van der Waals surface area (Å²) in [6.45, 7) is 0.422. The molecular formula is C11H19NO4. The third-order valence-electron chi connectivity index (χ3n) is 3.07. The Morgan fingerprint density at radius 3 is 2.56 bits per heavy atom. The van der Waals surface area contributed by atoms with Gasteiger partial charge in [-0.15, -0.1) is 0 Å². The minimum absolute atomic E-state index is 0.0491. The van der Waals surface area contributed by atoms with Gasteiger partial charge in [0.05, 0.1) is 12.0 Å². The highest BCUT2D eigenvalue weighted by atomic mass is 16.5. The van der Waals surface area contributed by atoms with Crippen LogP contribution >= 0.6 is 0 Å². The van der Waals surface area contributed by atoms with E-state index in [4.69, 9.17) is 9.84 Å². The van der Waals surface area contributed by atoms with E-state index in [-0.39, 0.29) is 17.9 Å². The fourth-order valence-corrected chi connectivity index (χ4v) is 1.85. The number of aliphatic carboxylic acids is 1. The van der Waals surface area contributed by atoms with Crippen molar-refractivity contribution in [3.8, 4) is 0 Å². The Labute approximate surface area is 95.2 Å². The maximum atomic E-state index is 11.5. The average molecular weight is 229 g/mol. The predicted molar refractivity (Wildman–Crippen MR) is 58.1 cm³/mol.